The van der Waals surface area contributed by atoms with E-state index in [0.717, 1.165) is 17.3 Å². The van der Waals surface area contributed by atoms with Gasteiger partial charge in [-0.2, -0.15) is 0 Å². The van der Waals surface area contributed by atoms with Crippen LogP contribution in [0.4, 0.5) is 4.79 Å². The Morgan fingerprint density at radius 1 is 1.14 bits per heavy atom. The highest BCUT2D eigenvalue weighted by Gasteiger charge is 2.34. The Balaban J connectivity index is 1.62. The zero-order valence-corrected chi connectivity index (χ0v) is 16.3. The summed E-state index contributed by atoms with van der Waals surface area (Å²) in [6.07, 6.45) is 1.63. The maximum absolute atomic E-state index is 12.5. The van der Waals surface area contributed by atoms with E-state index in [4.69, 9.17) is 4.74 Å². The van der Waals surface area contributed by atoms with Crippen LogP contribution in [0.2, 0.25) is 0 Å². The van der Waals surface area contributed by atoms with Gasteiger partial charge in [-0.25, -0.2) is 4.79 Å². The predicted octanol–water partition coefficient (Wildman–Crippen LogP) is 3.90. The molecular formula is C21H19NO5S. The number of carbonyl (C=O) groups is 3. The van der Waals surface area contributed by atoms with Gasteiger partial charge in [-0.15, -0.1) is 0 Å². The summed E-state index contributed by atoms with van der Waals surface area (Å²) in [5.41, 5.74) is 2.21. The molecule has 0 aromatic heterocycles. The van der Waals surface area contributed by atoms with E-state index in [1.165, 1.54) is 12.0 Å². The number of nitrogens with zero attached hydrogens (tertiary/aromatic N) is 1. The van der Waals surface area contributed by atoms with Crippen LogP contribution in [0.5, 0.6) is 5.75 Å². The van der Waals surface area contributed by atoms with E-state index >= 15 is 0 Å². The Morgan fingerprint density at radius 2 is 1.89 bits per heavy atom. The summed E-state index contributed by atoms with van der Waals surface area (Å²) in [5.74, 6) is -0.0754. The Kier molecular flexibility index (Phi) is 6.16. The molecule has 28 heavy (non-hydrogen) atoms. The maximum Gasteiger partial charge on any atom is 0.337 e. The number of hydrogen-bond acceptors (Lipinski definition) is 6. The fourth-order valence-corrected chi connectivity index (χ4v) is 3.50. The summed E-state index contributed by atoms with van der Waals surface area (Å²) in [6, 6.07) is 14.2. The molecule has 0 saturated carbocycles. The zero-order valence-electron chi connectivity index (χ0n) is 15.5. The summed E-state index contributed by atoms with van der Waals surface area (Å²) in [5, 5.41) is -0.324. The van der Waals surface area contributed by atoms with Crippen LogP contribution in [0.3, 0.4) is 0 Å². The van der Waals surface area contributed by atoms with Crippen LogP contribution >= 0.6 is 11.8 Å². The van der Waals surface area contributed by atoms with Gasteiger partial charge >= 0.3 is 5.97 Å². The molecule has 0 bridgehead atoms. The van der Waals surface area contributed by atoms with E-state index in [-0.39, 0.29) is 24.3 Å². The number of rotatable bonds is 6. The lowest BCUT2D eigenvalue weighted by atomic mass is 10.1. The van der Waals surface area contributed by atoms with Crippen molar-refractivity contribution in [2.45, 2.75) is 6.92 Å². The van der Waals surface area contributed by atoms with Crippen LogP contribution in [0.15, 0.2) is 53.4 Å². The number of thioether (sulfide) groups is 1. The van der Waals surface area contributed by atoms with E-state index in [9.17, 15) is 14.4 Å². The minimum atomic E-state index is -0.430. The van der Waals surface area contributed by atoms with Crippen molar-refractivity contribution in [2.24, 2.45) is 0 Å². The number of esters is 1. The Labute approximate surface area is 167 Å². The van der Waals surface area contributed by atoms with Crippen LogP contribution in [0.1, 0.15) is 21.5 Å². The molecule has 2 aromatic carbocycles. The third-order valence-corrected chi connectivity index (χ3v) is 4.98. The van der Waals surface area contributed by atoms with Crippen molar-refractivity contribution >= 4 is 35.0 Å². The first-order valence-corrected chi connectivity index (χ1v) is 9.43. The molecule has 6 nitrogen and oxygen atoms in total. The van der Waals surface area contributed by atoms with Gasteiger partial charge in [0.05, 0.1) is 24.1 Å². The molecule has 3 rings (SSSR count). The average molecular weight is 397 g/mol. The molecule has 2 aromatic rings. The quantitative estimate of drug-likeness (QED) is 0.544. The molecule has 0 spiro atoms. The van der Waals surface area contributed by atoms with Crippen LogP contribution in [-0.2, 0) is 9.53 Å². The number of benzene rings is 2. The van der Waals surface area contributed by atoms with E-state index in [1.807, 2.05) is 31.2 Å². The first-order valence-electron chi connectivity index (χ1n) is 8.61. The topological polar surface area (TPSA) is 72.9 Å². The van der Waals surface area contributed by atoms with E-state index < -0.39 is 5.97 Å². The molecule has 144 valence electrons. The highest BCUT2D eigenvalue weighted by atomic mass is 32.2. The summed E-state index contributed by atoms with van der Waals surface area (Å²) < 4.78 is 10.3. The zero-order chi connectivity index (χ0) is 20.1. The molecule has 0 N–H and O–H groups in total. The van der Waals surface area contributed by atoms with Gasteiger partial charge in [-0.05, 0) is 60.2 Å². The van der Waals surface area contributed by atoms with E-state index in [0.29, 0.717) is 21.8 Å². The number of ether oxygens (including phenoxy) is 2. The molecule has 1 saturated heterocycles. The standard InChI is InChI=1S/C21H19NO5S/c1-14-4-3-5-17(12-14)27-11-10-22-19(23)18(28-21(22)25)13-15-6-8-16(9-7-15)20(24)26-2/h3-9,12-13H,10-11H2,1-2H3/b18-13-. The lowest BCUT2D eigenvalue weighted by molar-refractivity contribution is -0.123. The molecule has 1 aliphatic heterocycles. The molecule has 2 amide bonds. The van der Waals surface area contributed by atoms with Crippen molar-refractivity contribution in [3.05, 3.63) is 70.1 Å². The highest BCUT2D eigenvalue weighted by molar-refractivity contribution is 8.18. The van der Waals surface area contributed by atoms with Crippen molar-refractivity contribution in [1.29, 1.82) is 0 Å². The molecular weight excluding hydrogens is 378 g/mol. The number of amides is 2. The Bertz CT molecular complexity index is 936. The van der Waals surface area contributed by atoms with Gasteiger partial charge < -0.3 is 9.47 Å². The summed E-state index contributed by atoms with van der Waals surface area (Å²) in [4.78, 5) is 37.7. The Hall–Kier alpha value is -3.06. The second-order valence-electron chi connectivity index (χ2n) is 6.11. The minimum Gasteiger partial charge on any atom is -0.492 e. The molecule has 0 atom stereocenters. The second-order valence-corrected chi connectivity index (χ2v) is 7.11. The smallest absolute Gasteiger partial charge is 0.337 e. The van der Waals surface area contributed by atoms with Gasteiger partial charge in [0.2, 0.25) is 0 Å². The van der Waals surface area contributed by atoms with Crippen LogP contribution in [0, 0.1) is 6.92 Å². The van der Waals surface area contributed by atoms with E-state index in [1.54, 1.807) is 30.3 Å². The molecule has 0 radical (unpaired) electrons. The fraction of sp³-hybridized carbons (Fsp3) is 0.190. The first kappa shape index (κ1) is 19.7. The monoisotopic (exact) mass is 397 g/mol. The van der Waals surface area contributed by atoms with Crippen LogP contribution in [0.25, 0.3) is 6.08 Å². The molecule has 1 heterocycles. The predicted molar refractivity (Wildman–Crippen MR) is 107 cm³/mol. The minimum absolute atomic E-state index is 0.178. The van der Waals surface area contributed by atoms with Gasteiger partial charge in [0.25, 0.3) is 11.1 Å². The number of methoxy groups -OCH3 is 1. The van der Waals surface area contributed by atoms with Gasteiger partial charge in [-0.3, -0.25) is 14.5 Å². The number of carbonyl (C=O) groups excluding carboxylic acids is 3. The number of aryl methyl sites for hydroxylation is 1. The largest absolute Gasteiger partial charge is 0.492 e. The normalized spacial score (nSPS) is 15.2. The Morgan fingerprint density at radius 3 is 2.57 bits per heavy atom. The van der Waals surface area contributed by atoms with Crippen molar-refractivity contribution in [1.82, 2.24) is 4.90 Å². The molecule has 7 heteroatoms. The third-order valence-electron chi connectivity index (χ3n) is 4.08. The first-order chi connectivity index (χ1) is 13.5. The van der Waals surface area contributed by atoms with Gasteiger partial charge in [0.15, 0.2) is 0 Å². The highest BCUT2D eigenvalue weighted by Crippen LogP contribution is 2.32. The lowest BCUT2D eigenvalue weighted by Gasteiger charge is -2.13. The summed E-state index contributed by atoms with van der Waals surface area (Å²) >= 11 is 0.892. The number of hydrogen-bond donors (Lipinski definition) is 0. The maximum atomic E-state index is 12.5. The average Bonchev–Trinajstić information content (AvgIpc) is 2.95. The van der Waals surface area contributed by atoms with E-state index in [2.05, 4.69) is 4.74 Å². The van der Waals surface area contributed by atoms with Crippen molar-refractivity contribution < 1.29 is 23.9 Å². The molecule has 1 aliphatic rings. The summed E-state index contributed by atoms with van der Waals surface area (Å²) in [6.45, 7) is 2.37. The van der Waals surface area contributed by atoms with Crippen molar-refractivity contribution in [3.63, 3.8) is 0 Å². The van der Waals surface area contributed by atoms with Crippen LogP contribution in [-0.4, -0.2) is 42.3 Å². The number of imide groups is 1. The van der Waals surface area contributed by atoms with Gasteiger partial charge in [-0.1, -0.05) is 24.3 Å². The SMILES string of the molecule is COC(=O)c1ccc(/C=C2\SC(=O)N(CCOc3cccc(C)c3)C2=O)cc1. The van der Waals surface area contributed by atoms with Gasteiger partial charge in [0, 0.05) is 0 Å². The fourth-order valence-electron chi connectivity index (χ4n) is 2.64. The van der Waals surface area contributed by atoms with Crippen molar-refractivity contribution in [2.75, 3.05) is 20.3 Å². The van der Waals surface area contributed by atoms with Crippen LogP contribution < -0.4 is 4.74 Å². The molecule has 0 aliphatic carbocycles. The molecule has 1 fully saturated rings. The van der Waals surface area contributed by atoms with Gasteiger partial charge in [0.1, 0.15) is 12.4 Å². The van der Waals surface area contributed by atoms with Crippen molar-refractivity contribution in [3.8, 4) is 5.75 Å². The third kappa shape index (κ3) is 4.61. The molecule has 0 unspecified atom stereocenters. The lowest BCUT2D eigenvalue weighted by Crippen LogP contribution is -2.32. The summed E-state index contributed by atoms with van der Waals surface area (Å²) in [7, 11) is 1.31. The second kappa shape index (κ2) is 8.75.